The van der Waals surface area contributed by atoms with Gasteiger partial charge in [0.05, 0.1) is 18.2 Å². The smallest absolute Gasteiger partial charge is 0.261 e. The van der Waals surface area contributed by atoms with E-state index >= 15 is 0 Å². The Balaban J connectivity index is 1.94. The molecule has 0 N–H and O–H groups in total. The molecule has 2 heterocycles. The van der Waals surface area contributed by atoms with Gasteiger partial charge in [-0.05, 0) is 37.1 Å². The minimum atomic E-state index is -0.616. The number of fused-ring (bicyclic) bond motifs is 1. The van der Waals surface area contributed by atoms with Crippen LogP contribution in [0.3, 0.4) is 0 Å². The van der Waals surface area contributed by atoms with Gasteiger partial charge in [-0.25, -0.2) is 0 Å². The zero-order chi connectivity index (χ0) is 12.0. The Bertz CT molecular complexity index is 541. The Kier molecular flexibility index (Phi) is 2.01. The molecule has 2 aliphatic heterocycles. The molecular formula is C13H12N2O2. The van der Waals surface area contributed by atoms with Crippen molar-refractivity contribution in [3.05, 3.63) is 29.3 Å². The molecule has 2 aliphatic rings. The number of ether oxygens (including phenoxy) is 1. The van der Waals surface area contributed by atoms with Crippen molar-refractivity contribution in [1.82, 2.24) is 0 Å². The van der Waals surface area contributed by atoms with Crippen LogP contribution in [-0.2, 0) is 16.0 Å². The molecule has 1 aromatic rings. The first-order valence-corrected chi connectivity index (χ1v) is 5.63. The molecule has 86 valence electrons. The number of amides is 1. The van der Waals surface area contributed by atoms with E-state index in [9.17, 15) is 4.79 Å². The van der Waals surface area contributed by atoms with Gasteiger partial charge in [-0.3, -0.25) is 4.79 Å². The van der Waals surface area contributed by atoms with Gasteiger partial charge in [-0.2, -0.15) is 5.26 Å². The Morgan fingerprint density at radius 2 is 2.35 bits per heavy atom. The third kappa shape index (κ3) is 1.51. The predicted molar refractivity (Wildman–Crippen MR) is 61.6 cm³/mol. The minimum absolute atomic E-state index is 0.0287. The fourth-order valence-corrected chi connectivity index (χ4v) is 2.20. The molecule has 0 bridgehead atoms. The second-order valence-electron chi connectivity index (χ2n) is 4.68. The Hall–Kier alpha value is -1.86. The summed E-state index contributed by atoms with van der Waals surface area (Å²) in [7, 11) is 0. The van der Waals surface area contributed by atoms with E-state index in [1.807, 2.05) is 19.1 Å². The van der Waals surface area contributed by atoms with E-state index in [0.717, 1.165) is 17.7 Å². The summed E-state index contributed by atoms with van der Waals surface area (Å²) in [5.74, 6) is 0.0287. The van der Waals surface area contributed by atoms with E-state index in [1.165, 1.54) is 0 Å². The zero-order valence-electron chi connectivity index (χ0n) is 9.56. The Morgan fingerprint density at radius 3 is 3.00 bits per heavy atom. The maximum absolute atomic E-state index is 12.2. The summed E-state index contributed by atoms with van der Waals surface area (Å²) in [6.07, 6.45) is 0.812. The van der Waals surface area contributed by atoms with Crippen LogP contribution in [0.1, 0.15) is 18.1 Å². The van der Waals surface area contributed by atoms with Crippen LogP contribution in [0.25, 0.3) is 0 Å². The molecule has 1 amide bonds. The number of hydrogen-bond acceptors (Lipinski definition) is 3. The van der Waals surface area contributed by atoms with Crippen molar-refractivity contribution in [2.75, 3.05) is 18.1 Å². The number of nitriles is 1. The number of benzene rings is 1. The number of anilines is 1. The molecule has 1 fully saturated rings. The van der Waals surface area contributed by atoms with E-state index < -0.39 is 5.60 Å². The fraction of sp³-hybridized carbons (Fsp3) is 0.385. The van der Waals surface area contributed by atoms with E-state index in [0.29, 0.717) is 18.7 Å². The molecule has 1 atom stereocenters. The van der Waals surface area contributed by atoms with Gasteiger partial charge in [-0.15, -0.1) is 0 Å². The van der Waals surface area contributed by atoms with Gasteiger partial charge in [-0.1, -0.05) is 0 Å². The van der Waals surface area contributed by atoms with Gasteiger partial charge in [0.1, 0.15) is 0 Å². The molecule has 4 nitrogen and oxygen atoms in total. The van der Waals surface area contributed by atoms with Crippen molar-refractivity contribution in [3.8, 4) is 6.07 Å². The predicted octanol–water partition coefficient (Wildman–Crippen LogP) is 1.24. The van der Waals surface area contributed by atoms with Gasteiger partial charge >= 0.3 is 0 Å². The van der Waals surface area contributed by atoms with E-state index in [1.54, 1.807) is 11.0 Å². The lowest BCUT2D eigenvalue weighted by Crippen LogP contribution is -2.38. The molecular weight excluding hydrogens is 216 g/mol. The highest BCUT2D eigenvalue weighted by molar-refractivity contribution is 6.02. The van der Waals surface area contributed by atoms with Gasteiger partial charge in [0, 0.05) is 12.2 Å². The van der Waals surface area contributed by atoms with Crippen molar-refractivity contribution < 1.29 is 9.53 Å². The molecule has 1 unspecified atom stereocenters. The first kappa shape index (κ1) is 10.3. The first-order chi connectivity index (χ1) is 8.14. The monoisotopic (exact) mass is 228 g/mol. The van der Waals surface area contributed by atoms with Crippen LogP contribution in [-0.4, -0.2) is 24.7 Å². The highest BCUT2D eigenvalue weighted by Crippen LogP contribution is 2.35. The second-order valence-corrected chi connectivity index (χ2v) is 4.68. The maximum atomic E-state index is 12.2. The summed E-state index contributed by atoms with van der Waals surface area (Å²) in [5, 5.41) is 8.83. The largest absolute Gasteiger partial charge is 0.359 e. The number of hydrogen-bond donors (Lipinski definition) is 0. The lowest BCUT2D eigenvalue weighted by Gasteiger charge is -2.19. The minimum Gasteiger partial charge on any atom is -0.359 e. The molecule has 4 heteroatoms. The third-order valence-corrected chi connectivity index (χ3v) is 3.38. The average Bonchev–Trinajstić information content (AvgIpc) is 2.96. The third-order valence-electron chi connectivity index (χ3n) is 3.38. The maximum Gasteiger partial charge on any atom is 0.261 e. The van der Waals surface area contributed by atoms with Gasteiger partial charge in [0.2, 0.25) is 0 Å². The summed E-state index contributed by atoms with van der Waals surface area (Å²) in [4.78, 5) is 13.9. The summed E-state index contributed by atoms with van der Waals surface area (Å²) < 4.78 is 5.19. The molecule has 0 radical (unpaired) electrons. The Morgan fingerprint density at radius 1 is 1.59 bits per heavy atom. The number of carbonyl (C=O) groups is 1. The topological polar surface area (TPSA) is 56.6 Å². The van der Waals surface area contributed by atoms with Crippen LogP contribution in [0.2, 0.25) is 0 Å². The molecule has 0 aliphatic carbocycles. The van der Waals surface area contributed by atoms with Crippen molar-refractivity contribution in [3.63, 3.8) is 0 Å². The van der Waals surface area contributed by atoms with Crippen LogP contribution in [0.4, 0.5) is 5.69 Å². The highest BCUT2D eigenvalue weighted by Gasteiger charge is 2.50. The van der Waals surface area contributed by atoms with Crippen molar-refractivity contribution in [2.45, 2.75) is 18.9 Å². The van der Waals surface area contributed by atoms with E-state index in [-0.39, 0.29) is 5.91 Å². The quantitative estimate of drug-likeness (QED) is 0.679. The lowest BCUT2D eigenvalue weighted by atomic mass is 10.1. The lowest BCUT2D eigenvalue weighted by molar-refractivity contribution is -0.122. The van der Waals surface area contributed by atoms with Crippen LogP contribution < -0.4 is 4.90 Å². The number of nitrogens with zero attached hydrogens (tertiary/aromatic N) is 2. The zero-order valence-corrected chi connectivity index (χ0v) is 9.56. The summed E-state index contributed by atoms with van der Waals surface area (Å²) in [5.41, 5.74) is 2.02. The SMILES string of the molecule is CC1(C(=O)N2CCc3cc(C#N)ccc32)CO1. The van der Waals surface area contributed by atoms with Gasteiger partial charge in [0.15, 0.2) is 5.60 Å². The molecule has 1 saturated heterocycles. The van der Waals surface area contributed by atoms with E-state index in [4.69, 9.17) is 10.00 Å². The summed E-state index contributed by atoms with van der Waals surface area (Å²) >= 11 is 0. The van der Waals surface area contributed by atoms with Crippen LogP contribution >= 0.6 is 0 Å². The molecule has 17 heavy (non-hydrogen) atoms. The highest BCUT2D eigenvalue weighted by atomic mass is 16.6. The normalized spacial score (nSPS) is 25.3. The molecule has 3 rings (SSSR count). The number of carbonyl (C=O) groups excluding carboxylic acids is 1. The fourth-order valence-electron chi connectivity index (χ4n) is 2.20. The second kappa shape index (κ2) is 3.31. The Labute approximate surface area is 99.4 Å². The molecule has 1 aromatic carbocycles. The number of rotatable bonds is 1. The van der Waals surface area contributed by atoms with Gasteiger partial charge < -0.3 is 9.64 Å². The first-order valence-electron chi connectivity index (χ1n) is 5.63. The average molecular weight is 228 g/mol. The van der Waals surface area contributed by atoms with Crippen LogP contribution in [0.5, 0.6) is 0 Å². The molecule has 0 spiro atoms. The van der Waals surface area contributed by atoms with Crippen LogP contribution in [0.15, 0.2) is 18.2 Å². The molecule has 0 aromatic heterocycles. The van der Waals surface area contributed by atoms with Crippen LogP contribution in [0, 0.1) is 11.3 Å². The van der Waals surface area contributed by atoms with Gasteiger partial charge in [0.25, 0.3) is 5.91 Å². The van der Waals surface area contributed by atoms with E-state index in [2.05, 4.69) is 6.07 Å². The summed E-state index contributed by atoms with van der Waals surface area (Å²) in [6, 6.07) is 7.58. The molecule has 0 saturated carbocycles. The number of epoxide rings is 1. The van der Waals surface area contributed by atoms with Crippen molar-refractivity contribution in [2.24, 2.45) is 0 Å². The standard InChI is InChI=1S/C13H12N2O2/c1-13(8-17-13)12(16)15-5-4-10-6-9(7-14)2-3-11(10)15/h2-3,6H,4-5,8H2,1H3. The van der Waals surface area contributed by atoms with Crippen molar-refractivity contribution in [1.29, 1.82) is 5.26 Å². The summed E-state index contributed by atoms with van der Waals surface area (Å²) in [6.45, 7) is 3.01. The van der Waals surface area contributed by atoms with Crippen molar-refractivity contribution >= 4 is 11.6 Å².